The third-order valence-electron chi connectivity index (χ3n) is 2.86. The van der Waals surface area contributed by atoms with Gasteiger partial charge in [-0.2, -0.15) is 0 Å². The Labute approximate surface area is 94.0 Å². The molecule has 1 aliphatic rings. The van der Waals surface area contributed by atoms with Gasteiger partial charge in [0.15, 0.2) is 0 Å². The first-order valence-electron chi connectivity index (χ1n) is 5.54. The van der Waals surface area contributed by atoms with Crippen molar-refractivity contribution in [1.82, 2.24) is 0 Å². The molecule has 0 radical (unpaired) electrons. The lowest BCUT2D eigenvalue weighted by Crippen LogP contribution is -2.30. The fraction of sp³-hybridized carbons (Fsp3) is 0.417. The van der Waals surface area contributed by atoms with E-state index in [9.17, 15) is 9.18 Å². The van der Waals surface area contributed by atoms with Crippen LogP contribution in [0.4, 0.5) is 15.8 Å². The van der Waals surface area contributed by atoms with Gasteiger partial charge in [0.2, 0.25) is 5.91 Å². The van der Waals surface area contributed by atoms with Crippen molar-refractivity contribution in [3.05, 3.63) is 24.0 Å². The van der Waals surface area contributed by atoms with Gasteiger partial charge in [0.1, 0.15) is 5.82 Å². The van der Waals surface area contributed by atoms with Gasteiger partial charge in [-0.15, -0.1) is 0 Å². The Kier molecular flexibility index (Phi) is 3.08. The second-order valence-electron chi connectivity index (χ2n) is 4.06. The highest BCUT2D eigenvalue weighted by molar-refractivity contribution is 5.93. The summed E-state index contributed by atoms with van der Waals surface area (Å²) in [5.74, 6) is -0.338. The summed E-state index contributed by atoms with van der Waals surface area (Å²) in [6.45, 7) is 0.698. The van der Waals surface area contributed by atoms with Gasteiger partial charge < -0.3 is 10.6 Å². The van der Waals surface area contributed by atoms with Crippen molar-refractivity contribution in [2.45, 2.75) is 25.7 Å². The topological polar surface area (TPSA) is 46.3 Å². The molecular formula is C12H15FN2O. The third kappa shape index (κ3) is 2.15. The summed E-state index contributed by atoms with van der Waals surface area (Å²) in [7, 11) is 0. The first kappa shape index (κ1) is 10.9. The van der Waals surface area contributed by atoms with Crippen molar-refractivity contribution in [2.75, 3.05) is 17.2 Å². The minimum Gasteiger partial charge on any atom is -0.396 e. The predicted octanol–water partition coefficient (Wildman–Crippen LogP) is 2.31. The van der Waals surface area contributed by atoms with Crippen LogP contribution in [0.1, 0.15) is 25.7 Å². The molecule has 2 rings (SSSR count). The van der Waals surface area contributed by atoms with E-state index in [1.807, 2.05) is 0 Å². The van der Waals surface area contributed by atoms with Gasteiger partial charge in [0, 0.05) is 18.7 Å². The molecular weight excluding hydrogens is 207 g/mol. The summed E-state index contributed by atoms with van der Waals surface area (Å²) in [4.78, 5) is 13.5. The van der Waals surface area contributed by atoms with Crippen LogP contribution in [0, 0.1) is 5.82 Å². The van der Waals surface area contributed by atoms with Crippen molar-refractivity contribution >= 4 is 17.3 Å². The number of carbonyl (C=O) groups excluding carboxylic acids is 1. The molecule has 1 aromatic carbocycles. The molecule has 4 heteroatoms. The Balaban J connectivity index is 2.27. The minimum atomic E-state index is -0.439. The summed E-state index contributed by atoms with van der Waals surface area (Å²) in [6.07, 6.45) is 3.56. The smallest absolute Gasteiger partial charge is 0.226 e. The Hall–Kier alpha value is -1.58. The molecule has 16 heavy (non-hydrogen) atoms. The second-order valence-corrected chi connectivity index (χ2v) is 4.06. The molecule has 0 unspecified atom stereocenters. The van der Waals surface area contributed by atoms with E-state index < -0.39 is 5.82 Å². The van der Waals surface area contributed by atoms with Gasteiger partial charge in [-0.05, 0) is 31.0 Å². The number of rotatable bonds is 1. The van der Waals surface area contributed by atoms with E-state index >= 15 is 0 Å². The molecule has 0 spiro atoms. The maximum atomic E-state index is 13.0. The molecule has 0 saturated carbocycles. The average Bonchev–Trinajstić information content (AvgIpc) is 2.47. The van der Waals surface area contributed by atoms with E-state index in [2.05, 4.69) is 0 Å². The van der Waals surface area contributed by atoms with E-state index in [1.165, 1.54) is 12.1 Å². The number of carbonyl (C=O) groups is 1. The Morgan fingerprint density at radius 2 is 2.06 bits per heavy atom. The third-order valence-corrected chi connectivity index (χ3v) is 2.86. The number of nitrogens with zero attached hydrogens (tertiary/aromatic N) is 1. The number of halogens is 1. The standard InChI is InChI=1S/C12H15FN2O/c13-10-6-5-9(8-11(10)14)15-7-3-1-2-4-12(15)16/h5-6,8H,1-4,7,14H2. The fourth-order valence-electron chi connectivity index (χ4n) is 1.95. The van der Waals surface area contributed by atoms with E-state index in [1.54, 1.807) is 11.0 Å². The molecule has 1 fully saturated rings. The van der Waals surface area contributed by atoms with E-state index in [0.717, 1.165) is 19.3 Å². The largest absolute Gasteiger partial charge is 0.396 e. The molecule has 86 valence electrons. The van der Waals surface area contributed by atoms with Gasteiger partial charge in [0.05, 0.1) is 5.69 Å². The van der Waals surface area contributed by atoms with E-state index in [0.29, 0.717) is 18.7 Å². The van der Waals surface area contributed by atoms with Crippen molar-refractivity contribution < 1.29 is 9.18 Å². The molecule has 0 bridgehead atoms. The number of hydrogen-bond donors (Lipinski definition) is 1. The summed E-state index contributed by atoms with van der Waals surface area (Å²) in [5.41, 5.74) is 6.29. The van der Waals surface area contributed by atoms with Crippen molar-refractivity contribution in [3.63, 3.8) is 0 Å². The summed E-state index contributed by atoms with van der Waals surface area (Å²) in [6, 6.07) is 4.44. The van der Waals surface area contributed by atoms with Crippen LogP contribution in [0.5, 0.6) is 0 Å². The molecule has 0 aromatic heterocycles. The maximum absolute atomic E-state index is 13.0. The van der Waals surface area contributed by atoms with Crippen LogP contribution in [0.15, 0.2) is 18.2 Å². The van der Waals surface area contributed by atoms with Gasteiger partial charge in [0.25, 0.3) is 0 Å². The summed E-state index contributed by atoms with van der Waals surface area (Å²) in [5, 5.41) is 0. The van der Waals surface area contributed by atoms with Gasteiger partial charge >= 0.3 is 0 Å². The zero-order valence-corrected chi connectivity index (χ0v) is 9.08. The van der Waals surface area contributed by atoms with Crippen LogP contribution >= 0.6 is 0 Å². The zero-order valence-electron chi connectivity index (χ0n) is 9.08. The highest BCUT2D eigenvalue weighted by atomic mass is 19.1. The number of hydrogen-bond acceptors (Lipinski definition) is 2. The van der Waals surface area contributed by atoms with Crippen molar-refractivity contribution in [2.24, 2.45) is 0 Å². The van der Waals surface area contributed by atoms with Gasteiger partial charge in [-0.1, -0.05) is 6.42 Å². The SMILES string of the molecule is Nc1cc(N2CCCCCC2=O)ccc1F. The highest BCUT2D eigenvalue weighted by Gasteiger charge is 2.18. The molecule has 0 aliphatic carbocycles. The quantitative estimate of drug-likeness (QED) is 0.741. The molecule has 1 heterocycles. The monoisotopic (exact) mass is 222 g/mol. The van der Waals surface area contributed by atoms with Crippen LogP contribution in [-0.4, -0.2) is 12.5 Å². The van der Waals surface area contributed by atoms with Crippen LogP contribution in [0.2, 0.25) is 0 Å². The average molecular weight is 222 g/mol. The first-order chi connectivity index (χ1) is 7.68. The van der Waals surface area contributed by atoms with Crippen LogP contribution in [-0.2, 0) is 4.79 Å². The van der Waals surface area contributed by atoms with Crippen molar-refractivity contribution in [1.29, 1.82) is 0 Å². The maximum Gasteiger partial charge on any atom is 0.226 e. The molecule has 1 aromatic rings. The Morgan fingerprint density at radius 3 is 2.81 bits per heavy atom. The summed E-state index contributed by atoms with van der Waals surface area (Å²) < 4.78 is 13.0. The molecule has 3 nitrogen and oxygen atoms in total. The lowest BCUT2D eigenvalue weighted by molar-refractivity contribution is -0.118. The zero-order chi connectivity index (χ0) is 11.5. The lowest BCUT2D eigenvalue weighted by Gasteiger charge is -2.20. The number of amides is 1. The molecule has 1 saturated heterocycles. The second kappa shape index (κ2) is 4.51. The van der Waals surface area contributed by atoms with Gasteiger partial charge in [-0.3, -0.25) is 4.79 Å². The first-order valence-corrected chi connectivity index (χ1v) is 5.54. The lowest BCUT2D eigenvalue weighted by atomic mass is 10.2. The Bertz CT molecular complexity index is 406. The number of benzene rings is 1. The highest BCUT2D eigenvalue weighted by Crippen LogP contribution is 2.23. The molecule has 0 atom stereocenters. The van der Waals surface area contributed by atoms with Crippen molar-refractivity contribution in [3.8, 4) is 0 Å². The molecule has 1 aliphatic heterocycles. The van der Waals surface area contributed by atoms with Crippen LogP contribution in [0.3, 0.4) is 0 Å². The summed E-state index contributed by atoms with van der Waals surface area (Å²) >= 11 is 0. The molecule has 2 N–H and O–H groups in total. The van der Waals surface area contributed by atoms with Gasteiger partial charge in [-0.25, -0.2) is 4.39 Å². The predicted molar refractivity (Wildman–Crippen MR) is 61.6 cm³/mol. The van der Waals surface area contributed by atoms with Crippen LogP contribution in [0.25, 0.3) is 0 Å². The number of anilines is 2. The van der Waals surface area contributed by atoms with Crippen LogP contribution < -0.4 is 10.6 Å². The minimum absolute atomic E-state index is 0.0922. The number of nitrogens with two attached hydrogens (primary N) is 1. The molecule has 1 amide bonds. The Morgan fingerprint density at radius 1 is 1.25 bits per heavy atom. The fourth-order valence-corrected chi connectivity index (χ4v) is 1.95. The van der Waals surface area contributed by atoms with E-state index in [-0.39, 0.29) is 11.6 Å². The van der Waals surface area contributed by atoms with E-state index in [4.69, 9.17) is 5.73 Å². The number of nitrogen functional groups attached to an aromatic ring is 1. The normalized spacial score (nSPS) is 17.3.